The summed E-state index contributed by atoms with van der Waals surface area (Å²) in [6, 6.07) is 40.2. The second-order valence-corrected chi connectivity index (χ2v) is 17.9. The first-order valence-electron chi connectivity index (χ1n) is 15.6. The van der Waals surface area contributed by atoms with Crippen molar-refractivity contribution in [3.8, 4) is 0 Å². The zero-order chi connectivity index (χ0) is 30.4. The van der Waals surface area contributed by atoms with E-state index in [1.54, 1.807) is 0 Å². The Hall–Kier alpha value is -3.30. The summed E-state index contributed by atoms with van der Waals surface area (Å²) in [4.78, 5) is 0.343. The molecule has 3 nitrogen and oxygen atoms in total. The molecule has 5 aromatic rings. The summed E-state index contributed by atoms with van der Waals surface area (Å²) in [6.45, 7) is 2.34. The number of unbranched alkanes of at least 4 members (excludes halogenated alkanes) is 2. The third-order valence-electron chi connectivity index (χ3n) is 8.80. The van der Waals surface area contributed by atoms with Gasteiger partial charge in [-0.3, -0.25) is 0 Å². The van der Waals surface area contributed by atoms with Crippen molar-refractivity contribution in [2.75, 3.05) is 6.16 Å². The van der Waals surface area contributed by atoms with Gasteiger partial charge in [-0.2, -0.15) is 0 Å². The van der Waals surface area contributed by atoms with Crippen LogP contribution in [0, 0.1) is 0 Å². The van der Waals surface area contributed by atoms with Gasteiger partial charge in [0.05, 0.1) is 0 Å². The summed E-state index contributed by atoms with van der Waals surface area (Å²) in [5.41, 5.74) is 2.03. The average molecular weight is 611 g/mol. The number of rotatable bonds is 13. The first-order chi connectivity index (χ1) is 20.9. The predicted octanol–water partition coefficient (Wildman–Crippen LogP) is 8.70. The van der Waals surface area contributed by atoms with Crippen LogP contribution in [0.15, 0.2) is 126 Å². The minimum absolute atomic E-state index is 0.343. The molecule has 5 rings (SSSR count). The first-order valence-corrected chi connectivity index (χ1v) is 19.3. The van der Waals surface area contributed by atoms with Gasteiger partial charge in [-0.05, 0) is 0 Å². The van der Waals surface area contributed by atoms with E-state index in [0.29, 0.717) is 17.5 Å². The Kier molecular flexibility index (Phi) is 9.51. The van der Waals surface area contributed by atoms with Crippen LogP contribution in [-0.2, 0) is 26.9 Å². The molecule has 43 heavy (non-hydrogen) atoms. The average Bonchev–Trinajstić information content (AvgIpc) is 3.06. The van der Waals surface area contributed by atoms with Gasteiger partial charge < -0.3 is 0 Å². The van der Waals surface area contributed by atoms with E-state index >= 15 is 8.42 Å². The summed E-state index contributed by atoms with van der Waals surface area (Å²) in [7, 11) is -4.31. The molecule has 0 aromatic heterocycles. The number of hydrogen-bond acceptors (Lipinski definition) is 3. The van der Waals surface area contributed by atoms with E-state index in [2.05, 4.69) is 26.8 Å². The Labute approximate surface area is 258 Å². The molecule has 0 saturated carbocycles. The molecule has 0 aliphatic rings. The minimum atomic E-state index is -4.31. The van der Waals surface area contributed by atoms with Gasteiger partial charge in [0.2, 0.25) is 0 Å². The fourth-order valence-electron chi connectivity index (χ4n) is 6.58. The van der Waals surface area contributed by atoms with Crippen molar-refractivity contribution in [2.24, 2.45) is 0 Å². The second kappa shape index (κ2) is 13.1. The standard InChI is InChI=1S/C38H43O3PS/c1-4-7-20-31-30-32-21-18-19-29-37(32)38(36(31)28-8-5-2)43(39,40)41-42(6-3,33-22-12-9-13-23-33,34-24-14-10-15-25-34)35-26-16-11-17-27-35/h9-19,21-27,29-30H,4-8,20,28H2,1-3H3. The Morgan fingerprint density at radius 2 is 1.07 bits per heavy atom. The van der Waals surface area contributed by atoms with Crippen LogP contribution >= 0.6 is 6.83 Å². The van der Waals surface area contributed by atoms with Crippen molar-refractivity contribution < 1.29 is 12.4 Å². The summed E-state index contributed by atoms with van der Waals surface area (Å²) < 4.78 is 37.9. The molecular formula is C38H43O3PS. The molecule has 0 heterocycles. The third kappa shape index (κ3) is 5.57. The van der Waals surface area contributed by atoms with Gasteiger partial charge in [0, 0.05) is 0 Å². The van der Waals surface area contributed by atoms with Crippen LogP contribution in [0.2, 0.25) is 0 Å². The third-order valence-corrected chi connectivity index (χ3v) is 17.2. The second-order valence-electron chi connectivity index (χ2n) is 11.3. The molecule has 0 aliphatic carbocycles. The normalized spacial score (nSPS) is 13.0. The van der Waals surface area contributed by atoms with Gasteiger partial charge >= 0.3 is 259 Å². The molecule has 0 amide bonds. The van der Waals surface area contributed by atoms with Gasteiger partial charge in [-0.1, -0.05) is 0 Å². The van der Waals surface area contributed by atoms with Gasteiger partial charge in [0.25, 0.3) is 0 Å². The Bertz CT molecular complexity index is 1670. The molecule has 0 saturated heterocycles. The van der Waals surface area contributed by atoms with Gasteiger partial charge in [-0.15, -0.1) is 0 Å². The van der Waals surface area contributed by atoms with Gasteiger partial charge in [-0.25, -0.2) is 0 Å². The first kappa shape index (κ1) is 31.1. The summed E-state index contributed by atoms with van der Waals surface area (Å²) in [5.74, 6) is 0. The van der Waals surface area contributed by atoms with E-state index < -0.39 is 16.9 Å². The van der Waals surface area contributed by atoms with E-state index in [0.717, 1.165) is 69.9 Å². The molecule has 0 unspecified atom stereocenters. The fourth-order valence-corrected chi connectivity index (χ4v) is 15.5. The molecular weight excluding hydrogens is 567 g/mol. The van der Waals surface area contributed by atoms with Crippen molar-refractivity contribution in [1.29, 1.82) is 0 Å². The fraction of sp³-hybridized carbons (Fsp3) is 0.263. The van der Waals surface area contributed by atoms with Crippen LogP contribution in [0.4, 0.5) is 0 Å². The molecule has 0 bridgehead atoms. The van der Waals surface area contributed by atoms with Crippen LogP contribution in [-0.4, -0.2) is 14.6 Å². The number of aryl methyl sites for hydroxylation is 1. The molecule has 0 aliphatic heterocycles. The van der Waals surface area contributed by atoms with Gasteiger partial charge in [0.15, 0.2) is 0 Å². The van der Waals surface area contributed by atoms with Crippen molar-refractivity contribution in [1.82, 2.24) is 0 Å². The van der Waals surface area contributed by atoms with Crippen LogP contribution in [0.25, 0.3) is 10.8 Å². The van der Waals surface area contributed by atoms with E-state index in [9.17, 15) is 0 Å². The van der Waals surface area contributed by atoms with Crippen molar-refractivity contribution in [3.63, 3.8) is 0 Å². The summed E-state index contributed by atoms with van der Waals surface area (Å²) in [5, 5.41) is 4.37. The quantitative estimate of drug-likeness (QED) is 0.125. The molecule has 224 valence electrons. The molecule has 0 spiro atoms. The number of benzene rings is 5. The maximum atomic E-state index is 15.4. The molecule has 0 N–H and O–H groups in total. The zero-order valence-corrected chi connectivity index (χ0v) is 27.3. The number of fused-ring (bicyclic) bond motifs is 1. The topological polar surface area (TPSA) is 43.4 Å². The predicted molar refractivity (Wildman–Crippen MR) is 185 cm³/mol. The van der Waals surface area contributed by atoms with E-state index in [4.69, 9.17) is 3.97 Å². The van der Waals surface area contributed by atoms with Crippen molar-refractivity contribution >= 4 is 43.6 Å². The molecule has 0 atom stereocenters. The Morgan fingerprint density at radius 1 is 0.605 bits per heavy atom. The summed E-state index contributed by atoms with van der Waals surface area (Å²) in [6.07, 6.45) is 5.96. The van der Waals surface area contributed by atoms with Crippen LogP contribution < -0.4 is 15.9 Å². The Balaban J connectivity index is 1.90. The molecule has 0 radical (unpaired) electrons. The number of hydrogen-bond donors (Lipinski definition) is 0. The summed E-state index contributed by atoms with van der Waals surface area (Å²) >= 11 is 0. The Morgan fingerprint density at radius 3 is 1.56 bits per heavy atom. The SMILES string of the molecule is CCCCc1cc2ccccc2c(S(=O)(=O)OP(CC)(c2ccccc2)(c2ccccc2)c2ccccc2)c1CCCC. The van der Waals surface area contributed by atoms with Crippen LogP contribution in [0.1, 0.15) is 57.6 Å². The van der Waals surface area contributed by atoms with Crippen molar-refractivity contribution in [3.05, 3.63) is 132 Å². The maximum absolute atomic E-state index is 15.4. The molecule has 0 fully saturated rings. The van der Waals surface area contributed by atoms with Crippen LogP contribution in [0.5, 0.6) is 0 Å². The monoisotopic (exact) mass is 610 g/mol. The van der Waals surface area contributed by atoms with E-state index in [1.165, 1.54) is 0 Å². The zero-order valence-electron chi connectivity index (χ0n) is 25.6. The van der Waals surface area contributed by atoms with Gasteiger partial charge in [0.1, 0.15) is 0 Å². The molecule has 5 heteroatoms. The van der Waals surface area contributed by atoms with Crippen molar-refractivity contribution in [2.45, 2.75) is 64.2 Å². The van der Waals surface area contributed by atoms with E-state index in [1.807, 2.05) is 115 Å². The van der Waals surface area contributed by atoms with E-state index in [-0.39, 0.29) is 0 Å². The van der Waals surface area contributed by atoms with Crippen LogP contribution in [0.3, 0.4) is 0 Å². The molecule has 5 aromatic carbocycles.